The third-order valence-electron chi connectivity index (χ3n) is 4.79. The number of anilines is 2. The van der Waals surface area contributed by atoms with Gasteiger partial charge >= 0.3 is 0 Å². The Labute approximate surface area is 170 Å². The first kappa shape index (κ1) is 21.2. The summed E-state index contributed by atoms with van der Waals surface area (Å²) in [6.45, 7) is 5.01. The highest BCUT2D eigenvalue weighted by atomic mass is 32.2. The first-order valence-corrected chi connectivity index (χ1v) is 10.9. The zero-order valence-electron chi connectivity index (χ0n) is 16.5. The fraction of sp³-hybridized carbons (Fsp3) is 0.350. The van der Waals surface area contributed by atoms with Gasteiger partial charge < -0.3 is 15.1 Å². The maximum absolute atomic E-state index is 13.1. The maximum Gasteiger partial charge on any atom is 0.255 e. The molecule has 3 rings (SSSR count). The number of piperazine rings is 1. The fourth-order valence-electron chi connectivity index (χ4n) is 3.18. The van der Waals surface area contributed by atoms with Gasteiger partial charge in [0, 0.05) is 44.0 Å². The Bertz CT molecular complexity index is 972. The summed E-state index contributed by atoms with van der Waals surface area (Å²) in [6, 6.07) is 10.1. The number of likely N-dealkylation sites (N-methyl/N-ethyl adjacent to an activating group) is 1. The number of rotatable bonds is 6. The number of halogens is 1. The second-order valence-electron chi connectivity index (χ2n) is 6.94. The molecule has 1 heterocycles. The van der Waals surface area contributed by atoms with E-state index >= 15 is 0 Å². The van der Waals surface area contributed by atoms with Crippen molar-refractivity contribution in [1.82, 2.24) is 9.62 Å². The van der Waals surface area contributed by atoms with Crippen molar-refractivity contribution >= 4 is 27.3 Å². The first-order chi connectivity index (χ1) is 13.8. The van der Waals surface area contributed by atoms with Crippen LogP contribution in [0.5, 0.6) is 0 Å². The molecule has 0 aliphatic carbocycles. The molecule has 156 valence electrons. The average molecular weight is 421 g/mol. The molecular formula is C20H25FN4O3S. The lowest BCUT2D eigenvalue weighted by Gasteiger charge is -2.35. The quantitative estimate of drug-likeness (QED) is 0.748. The van der Waals surface area contributed by atoms with E-state index in [1.54, 1.807) is 19.1 Å². The van der Waals surface area contributed by atoms with Gasteiger partial charge in [0.1, 0.15) is 10.7 Å². The van der Waals surface area contributed by atoms with E-state index in [1.165, 1.54) is 30.3 Å². The summed E-state index contributed by atoms with van der Waals surface area (Å²) in [7, 11) is -1.75. The van der Waals surface area contributed by atoms with Crippen LogP contribution in [0.2, 0.25) is 0 Å². The van der Waals surface area contributed by atoms with Crippen LogP contribution in [0.4, 0.5) is 15.8 Å². The molecule has 1 amide bonds. The molecule has 1 saturated heterocycles. The van der Waals surface area contributed by atoms with E-state index in [4.69, 9.17) is 0 Å². The van der Waals surface area contributed by atoms with Crippen molar-refractivity contribution in [2.24, 2.45) is 0 Å². The smallest absolute Gasteiger partial charge is 0.255 e. The Morgan fingerprint density at radius 2 is 1.72 bits per heavy atom. The zero-order chi connectivity index (χ0) is 21.0. The number of carbonyl (C=O) groups excluding carboxylic acids is 1. The first-order valence-electron chi connectivity index (χ1n) is 9.44. The standard InChI is InChI=1S/C20H25FN4O3S/c1-3-22-29(27,28)19-14-15(20(26)23-17-7-5-16(21)6-8-17)4-9-18(19)25-12-10-24(2)11-13-25/h4-9,14,22H,3,10-13H2,1-2H3,(H,23,26). The Morgan fingerprint density at radius 3 is 2.34 bits per heavy atom. The average Bonchev–Trinajstić information content (AvgIpc) is 2.70. The second-order valence-corrected chi connectivity index (χ2v) is 8.67. The number of carbonyl (C=O) groups is 1. The molecule has 0 bridgehead atoms. The minimum atomic E-state index is -3.77. The van der Waals surface area contributed by atoms with Gasteiger partial charge in [-0.1, -0.05) is 6.92 Å². The van der Waals surface area contributed by atoms with Gasteiger partial charge in [-0.25, -0.2) is 17.5 Å². The predicted octanol–water partition coefficient (Wildman–Crippen LogP) is 2.13. The third kappa shape index (κ3) is 5.11. The van der Waals surface area contributed by atoms with Crippen molar-refractivity contribution in [3.8, 4) is 0 Å². The van der Waals surface area contributed by atoms with Crippen molar-refractivity contribution in [2.75, 3.05) is 50.0 Å². The molecule has 0 unspecified atom stereocenters. The molecule has 0 spiro atoms. The Hall–Kier alpha value is -2.49. The minimum Gasteiger partial charge on any atom is -0.368 e. The normalized spacial score (nSPS) is 15.3. The molecule has 1 aliphatic heterocycles. The third-order valence-corrected chi connectivity index (χ3v) is 6.37. The number of hydrogen-bond donors (Lipinski definition) is 2. The number of amides is 1. The highest BCUT2D eigenvalue weighted by Gasteiger charge is 2.25. The van der Waals surface area contributed by atoms with Gasteiger partial charge in [-0.05, 0) is 49.5 Å². The van der Waals surface area contributed by atoms with Crippen LogP contribution in [0, 0.1) is 5.82 Å². The highest BCUT2D eigenvalue weighted by Crippen LogP contribution is 2.28. The van der Waals surface area contributed by atoms with Gasteiger partial charge in [0.05, 0.1) is 5.69 Å². The summed E-state index contributed by atoms with van der Waals surface area (Å²) in [5.41, 5.74) is 1.22. The van der Waals surface area contributed by atoms with E-state index in [2.05, 4.69) is 14.9 Å². The summed E-state index contributed by atoms with van der Waals surface area (Å²) < 4.78 is 41.2. The van der Waals surface area contributed by atoms with Gasteiger partial charge in [-0.3, -0.25) is 4.79 Å². The minimum absolute atomic E-state index is 0.0793. The van der Waals surface area contributed by atoms with Gasteiger partial charge in [-0.15, -0.1) is 0 Å². The van der Waals surface area contributed by atoms with E-state index in [9.17, 15) is 17.6 Å². The largest absolute Gasteiger partial charge is 0.368 e. The molecule has 2 N–H and O–H groups in total. The summed E-state index contributed by atoms with van der Waals surface area (Å²) in [5, 5.41) is 2.66. The zero-order valence-corrected chi connectivity index (χ0v) is 17.3. The molecule has 0 atom stereocenters. The van der Waals surface area contributed by atoms with Crippen molar-refractivity contribution < 1.29 is 17.6 Å². The number of hydrogen-bond acceptors (Lipinski definition) is 5. The lowest BCUT2D eigenvalue weighted by atomic mass is 10.1. The van der Waals surface area contributed by atoms with Crippen LogP contribution in [0.1, 0.15) is 17.3 Å². The molecule has 29 heavy (non-hydrogen) atoms. The number of benzene rings is 2. The maximum atomic E-state index is 13.1. The van der Waals surface area contributed by atoms with Gasteiger partial charge in [0.15, 0.2) is 0 Å². The van der Waals surface area contributed by atoms with E-state index in [0.717, 1.165) is 13.1 Å². The lowest BCUT2D eigenvalue weighted by Crippen LogP contribution is -2.45. The number of nitrogens with zero attached hydrogens (tertiary/aromatic N) is 2. The van der Waals surface area contributed by atoms with E-state index in [0.29, 0.717) is 24.5 Å². The predicted molar refractivity (Wildman–Crippen MR) is 111 cm³/mol. The topological polar surface area (TPSA) is 81.7 Å². The van der Waals surface area contributed by atoms with E-state index in [1.807, 2.05) is 11.9 Å². The highest BCUT2D eigenvalue weighted by molar-refractivity contribution is 7.89. The van der Waals surface area contributed by atoms with Crippen LogP contribution < -0.4 is 14.9 Å². The number of sulfonamides is 1. The van der Waals surface area contributed by atoms with Crippen molar-refractivity contribution in [3.05, 3.63) is 53.8 Å². The monoisotopic (exact) mass is 420 g/mol. The molecule has 0 saturated carbocycles. The van der Waals surface area contributed by atoms with Gasteiger partial charge in [0.25, 0.3) is 5.91 Å². The fourth-order valence-corrected chi connectivity index (χ4v) is 4.47. The van der Waals surface area contributed by atoms with Crippen molar-refractivity contribution in [2.45, 2.75) is 11.8 Å². The van der Waals surface area contributed by atoms with Crippen molar-refractivity contribution in [3.63, 3.8) is 0 Å². The molecule has 1 fully saturated rings. The van der Waals surface area contributed by atoms with Crippen LogP contribution in [0.15, 0.2) is 47.4 Å². The van der Waals surface area contributed by atoms with Gasteiger partial charge in [0.2, 0.25) is 10.0 Å². The van der Waals surface area contributed by atoms with Gasteiger partial charge in [-0.2, -0.15) is 0 Å². The second kappa shape index (κ2) is 8.89. The Kier molecular flexibility index (Phi) is 6.51. The Morgan fingerprint density at radius 1 is 1.07 bits per heavy atom. The SMILES string of the molecule is CCNS(=O)(=O)c1cc(C(=O)Nc2ccc(F)cc2)ccc1N1CCN(C)CC1. The summed E-state index contributed by atoms with van der Waals surface area (Å²) >= 11 is 0. The van der Waals surface area contributed by atoms with Crippen LogP contribution in [-0.4, -0.2) is 59.0 Å². The van der Waals surface area contributed by atoms with Crippen LogP contribution in [0.25, 0.3) is 0 Å². The molecular weight excluding hydrogens is 395 g/mol. The van der Waals surface area contributed by atoms with Crippen LogP contribution in [0.3, 0.4) is 0 Å². The summed E-state index contributed by atoms with van der Waals surface area (Å²) in [6.07, 6.45) is 0. The molecule has 2 aromatic carbocycles. The summed E-state index contributed by atoms with van der Waals surface area (Å²) in [4.78, 5) is 16.9. The lowest BCUT2D eigenvalue weighted by molar-refractivity contribution is 0.102. The molecule has 9 heteroatoms. The number of nitrogens with one attached hydrogen (secondary N) is 2. The van der Waals surface area contributed by atoms with Crippen LogP contribution >= 0.6 is 0 Å². The van der Waals surface area contributed by atoms with Crippen LogP contribution in [-0.2, 0) is 10.0 Å². The van der Waals surface area contributed by atoms with E-state index < -0.39 is 21.7 Å². The van der Waals surface area contributed by atoms with Crippen molar-refractivity contribution in [1.29, 1.82) is 0 Å². The molecule has 2 aromatic rings. The molecule has 1 aliphatic rings. The molecule has 0 aromatic heterocycles. The summed E-state index contributed by atoms with van der Waals surface area (Å²) in [5.74, 6) is -0.868. The van der Waals surface area contributed by atoms with E-state index in [-0.39, 0.29) is 17.0 Å². The Balaban J connectivity index is 1.93. The molecule has 0 radical (unpaired) electrons. The molecule has 7 nitrogen and oxygen atoms in total.